The molecule has 3 nitrogen and oxygen atoms in total. The summed E-state index contributed by atoms with van der Waals surface area (Å²) in [5.41, 5.74) is 1.49. The Morgan fingerprint density at radius 3 is 2.47 bits per heavy atom. The molecule has 0 unspecified atom stereocenters. The third-order valence-electron chi connectivity index (χ3n) is 2.45. The number of halogens is 2. The number of anilines is 2. The van der Waals surface area contributed by atoms with Crippen LogP contribution in [0.25, 0.3) is 0 Å². The number of hydrogen-bond donors (Lipinski definition) is 2. The van der Waals surface area contributed by atoms with Crippen molar-refractivity contribution >= 4 is 39.9 Å². The Bertz CT molecular complexity index is 572. The van der Waals surface area contributed by atoms with Crippen LogP contribution in [0.2, 0.25) is 0 Å². The summed E-state index contributed by atoms with van der Waals surface area (Å²) in [5, 5.41) is 5.74. The average molecular weight is 370 g/mol. The lowest BCUT2D eigenvalue weighted by molar-refractivity contribution is -0.114. The van der Waals surface area contributed by atoms with E-state index in [1.807, 2.05) is 24.3 Å². The minimum atomic E-state index is -0.297. The van der Waals surface area contributed by atoms with Crippen molar-refractivity contribution in [2.24, 2.45) is 0 Å². The lowest BCUT2D eigenvalue weighted by Gasteiger charge is -2.09. The first-order chi connectivity index (χ1) is 9.15. The highest BCUT2D eigenvalue weighted by Crippen LogP contribution is 2.16. The van der Waals surface area contributed by atoms with Crippen LogP contribution in [0.5, 0.6) is 0 Å². The van der Waals surface area contributed by atoms with Gasteiger partial charge in [-0.3, -0.25) is 4.79 Å². The van der Waals surface area contributed by atoms with E-state index >= 15 is 0 Å². The van der Waals surface area contributed by atoms with Crippen LogP contribution in [-0.2, 0) is 4.79 Å². The molecule has 2 rings (SSSR count). The van der Waals surface area contributed by atoms with Crippen LogP contribution in [0, 0.1) is 9.39 Å². The molecular weight excluding hydrogens is 358 g/mol. The molecule has 0 aliphatic carbocycles. The molecule has 0 fully saturated rings. The molecule has 2 N–H and O–H groups in total. The predicted molar refractivity (Wildman–Crippen MR) is 82.7 cm³/mol. The van der Waals surface area contributed by atoms with Crippen LogP contribution in [0.1, 0.15) is 0 Å². The normalized spacial score (nSPS) is 10.0. The monoisotopic (exact) mass is 370 g/mol. The largest absolute Gasteiger partial charge is 0.376 e. The van der Waals surface area contributed by atoms with Crippen molar-refractivity contribution in [2.75, 3.05) is 17.2 Å². The molecule has 0 heterocycles. The third kappa shape index (κ3) is 4.20. The number of carbonyl (C=O) groups excluding carboxylic acids is 1. The van der Waals surface area contributed by atoms with E-state index in [1.54, 1.807) is 12.1 Å². The fourth-order valence-corrected chi connectivity index (χ4v) is 2.03. The highest BCUT2D eigenvalue weighted by Gasteiger charge is 2.04. The maximum Gasteiger partial charge on any atom is 0.243 e. The van der Waals surface area contributed by atoms with Gasteiger partial charge in [0.05, 0.1) is 12.2 Å². The van der Waals surface area contributed by atoms with Gasteiger partial charge in [-0.25, -0.2) is 4.39 Å². The molecule has 0 aliphatic heterocycles. The molecule has 0 aliphatic rings. The summed E-state index contributed by atoms with van der Waals surface area (Å²) in [6.07, 6.45) is 0. The number of hydrogen-bond acceptors (Lipinski definition) is 2. The molecule has 0 spiro atoms. The Morgan fingerprint density at radius 1 is 1.11 bits per heavy atom. The molecule has 0 aromatic heterocycles. The van der Waals surface area contributed by atoms with Gasteiger partial charge in [-0.1, -0.05) is 12.1 Å². The average Bonchev–Trinajstić information content (AvgIpc) is 2.41. The first kappa shape index (κ1) is 13.8. The molecule has 5 heteroatoms. The highest BCUT2D eigenvalue weighted by atomic mass is 127. The van der Waals surface area contributed by atoms with E-state index in [9.17, 15) is 9.18 Å². The Labute approximate surface area is 124 Å². The second kappa shape index (κ2) is 6.51. The summed E-state index contributed by atoms with van der Waals surface area (Å²) in [4.78, 5) is 11.8. The zero-order valence-corrected chi connectivity index (χ0v) is 12.1. The predicted octanol–water partition coefficient (Wildman–Crippen LogP) is 3.48. The van der Waals surface area contributed by atoms with Crippen LogP contribution >= 0.6 is 22.6 Å². The second-order valence-corrected chi connectivity index (χ2v) is 5.05. The van der Waals surface area contributed by atoms with Crippen LogP contribution in [0.15, 0.2) is 48.5 Å². The maximum atomic E-state index is 12.7. The zero-order chi connectivity index (χ0) is 13.7. The summed E-state index contributed by atoms with van der Waals surface area (Å²) in [5.74, 6) is -0.442. The van der Waals surface area contributed by atoms with Crippen molar-refractivity contribution < 1.29 is 9.18 Å². The van der Waals surface area contributed by atoms with Crippen molar-refractivity contribution in [1.82, 2.24) is 0 Å². The Balaban J connectivity index is 1.88. The van der Waals surface area contributed by atoms with E-state index in [-0.39, 0.29) is 18.3 Å². The molecule has 2 aromatic rings. The fourth-order valence-electron chi connectivity index (χ4n) is 1.51. The molecule has 0 atom stereocenters. The van der Waals surface area contributed by atoms with Gasteiger partial charge in [0.25, 0.3) is 0 Å². The summed E-state index contributed by atoms with van der Waals surface area (Å²) >= 11 is 2.16. The van der Waals surface area contributed by atoms with Crippen LogP contribution in [-0.4, -0.2) is 12.5 Å². The molecule has 1 amide bonds. The molecule has 0 saturated carbocycles. The van der Waals surface area contributed by atoms with E-state index in [2.05, 4.69) is 33.2 Å². The lowest BCUT2D eigenvalue weighted by Crippen LogP contribution is -2.22. The molecule has 19 heavy (non-hydrogen) atoms. The Hall–Kier alpha value is -1.63. The van der Waals surface area contributed by atoms with Crippen molar-refractivity contribution in [2.45, 2.75) is 0 Å². The van der Waals surface area contributed by atoms with E-state index in [0.29, 0.717) is 5.69 Å². The Morgan fingerprint density at radius 2 is 1.79 bits per heavy atom. The first-order valence-corrected chi connectivity index (χ1v) is 6.77. The van der Waals surface area contributed by atoms with Crippen molar-refractivity contribution in [3.63, 3.8) is 0 Å². The quantitative estimate of drug-likeness (QED) is 0.810. The van der Waals surface area contributed by atoms with E-state index in [1.165, 1.54) is 12.1 Å². The van der Waals surface area contributed by atoms with Crippen molar-refractivity contribution in [1.29, 1.82) is 0 Å². The maximum absolute atomic E-state index is 12.7. The summed E-state index contributed by atoms with van der Waals surface area (Å²) < 4.78 is 13.7. The molecular formula is C14H12FIN2O. The van der Waals surface area contributed by atoms with Crippen molar-refractivity contribution in [3.8, 4) is 0 Å². The standard InChI is InChI=1S/C14H12FIN2O/c15-10-5-7-11(8-6-10)17-9-14(19)18-13-4-2-1-3-12(13)16/h1-8,17H,9H2,(H,18,19). The van der Waals surface area contributed by atoms with E-state index in [0.717, 1.165) is 9.26 Å². The van der Waals surface area contributed by atoms with Gasteiger partial charge in [0.1, 0.15) is 5.82 Å². The SMILES string of the molecule is O=C(CNc1ccc(F)cc1)Nc1ccccc1I. The topological polar surface area (TPSA) is 41.1 Å². The third-order valence-corrected chi connectivity index (χ3v) is 3.39. The van der Waals surface area contributed by atoms with Gasteiger partial charge in [0.2, 0.25) is 5.91 Å². The van der Waals surface area contributed by atoms with Gasteiger partial charge >= 0.3 is 0 Å². The van der Waals surface area contributed by atoms with Crippen LogP contribution in [0.3, 0.4) is 0 Å². The van der Waals surface area contributed by atoms with E-state index < -0.39 is 0 Å². The van der Waals surface area contributed by atoms with Crippen LogP contribution < -0.4 is 10.6 Å². The number of para-hydroxylation sites is 1. The van der Waals surface area contributed by atoms with Crippen molar-refractivity contribution in [3.05, 3.63) is 57.9 Å². The second-order valence-electron chi connectivity index (χ2n) is 3.89. The van der Waals surface area contributed by atoms with Gasteiger partial charge in [-0.05, 0) is 59.0 Å². The molecule has 0 saturated heterocycles. The van der Waals surface area contributed by atoms with Gasteiger partial charge in [-0.2, -0.15) is 0 Å². The minimum Gasteiger partial charge on any atom is -0.376 e. The van der Waals surface area contributed by atoms with Crippen LogP contribution in [0.4, 0.5) is 15.8 Å². The van der Waals surface area contributed by atoms with Gasteiger partial charge < -0.3 is 10.6 Å². The molecule has 0 bridgehead atoms. The molecule has 98 valence electrons. The highest BCUT2D eigenvalue weighted by molar-refractivity contribution is 14.1. The number of benzene rings is 2. The lowest BCUT2D eigenvalue weighted by atomic mass is 10.3. The fraction of sp³-hybridized carbons (Fsp3) is 0.0714. The number of rotatable bonds is 4. The summed E-state index contributed by atoms with van der Waals surface area (Å²) in [7, 11) is 0. The smallest absolute Gasteiger partial charge is 0.243 e. The summed E-state index contributed by atoms with van der Waals surface area (Å²) in [6.45, 7) is 0.136. The van der Waals surface area contributed by atoms with Gasteiger partial charge in [0, 0.05) is 9.26 Å². The number of nitrogens with one attached hydrogen (secondary N) is 2. The number of carbonyl (C=O) groups is 1. The zero-order valence-electron chi connectivity index (χ0n) is 9.99. The Kier molecular flexibility index (Phi) is 4.73. The molecule has 0 radical (unpaired) electrons. The first-order valence-electron chi connectivity index (χ1n) is 5.69. The van der Waals surface area contributed by atoms with Gasteiger partial charge in [-0.15, -0.1) is 0 Å². The number of amides is 1. The minimum absolute atomic E-state index is 0.136. The summed E-state index contributed by atoms with van der Waals surface area (Å²) in [6, 6.07) is 13.4. The van der Waals surface area contributed by atoms with E-state index in [4.69, 9.17) is 0 Å². The molecule has 2 aromatic carbocycles. The van der Waals surface area contributed by atoms with Gasteiger partial charge in [0.15, 0.2) is 0 Å².